The summed E-state index contributed by atoms with van der Waals surface area (Å²) >= 11 is 0. The molecule has 5 nitrogen and oxygen atoms in total. The van der Waals surface area contributed by atoms with Gasteiger partial charge in [-0.05, 0) is 6.92 Å². The van der Waals surface area contributed by atoms with Gasteiger partial charge >= 0.3 is 0 Å². The minimum Gasteiger partial charge on any atom is -0.304 e. The molecule has 2 heterocycles. The number of nitrogens with zero attached hydrogens (tertiary/aromatic N) is 3. The molecule has 0 bridgehead atoms. The second-order valence-corrected chi connectivity index (χ2v) is 2.06. The highest BCUT2D eigenvalue weighted by molar-refractivity contribution is 5.76. The maximum Gasteiger partial charge on any atom is 0.171 e. The Morgan fingerprint density at radius 1 is 1.60 bits per heavy atom. The summed E-state index contributed by atoms with van der Waals surface area (Å²) in [5.41, 5.74) is 6.77. The number of hydrogen-bond acceptors (Lipinski definition) is 5. The van der Waals surface area contributed by atoms with E-state index < -0.39 is 0 Å². The van der Waals surface area contributed by atoms with E-state index in [2.05, 4.69) is 20.9 Å². The van der Waals surface area contributed by atoms with E-state index in [1.54, 1.807) is 11.3 Å². The van der Waals surface area contributed by atoms with E-state index in [0.29, 0.717) is 0 Å². The van der Waals surface area contributed by atoms with Gasteiger partial charge in [0.1, 0.15) is 12.7 Å². The first-order valence-corrected chi connectivity index (χ1v) is 2.95. The number of allylic oxidation sites excluding steroid dienone is 1. The van der Waals surface area contributed by atoms with Gasteiger partial charge in [-0.25, -0.2) is 15.0 Å². The van der Waals surface area contributed by atoms with Gasteiger partial charge in [-0.1, -0.05) is 0 Å². The Hall–Kier alpha value is -1.36. The van der Waals surface area contributed by atoms with Crippen molar-refractivity contribution in [1.82, 2.24) is 16.0 Å². The third kappa shape index (κ3) is 0.608. The molecule has 0 spiro atoms. The molecule has 0 amide bonds. The molecule has 52 valence electrons. The van der Waals surface area contributed by atoms with Gasteiger partial charge in [0.05, 0.1) is 5.70 Å². The van der Waals surface area contributed by atoms with E-state index in [0.717, 1.165) is 11.5 Å². The van der Waals surface area contributed by atoms with Crippen LogP contribution in [0.1, 0.15) is 6.92 Å². The summed E-state index contributed by atoms with van der Waals surface area (Å²) in [6.07, 6.45) is 3.18. The topological polar surface area (TPSA) is 52.0 Å². The highest BCUT2D eigenvalue weighted by atomic mass is 15.7. The number of hydrazine groups is 2. The molecular formula is C5H7N5. The van der Waals surface area contributed by atoms with Crippen molar-refractivity contribution in [2.45, 2.75) is 6.92 Å². The number of aliphatic imine (C=N–C) groups is 2. The van der Waals surface area contributed by atoms with Crippen LogP contribution in [0.3, 0.4) is 0 Å². The molecule has 0 aromatic carbocycles. The lowest BCUT2D eigenvalue weighted by Crippen LogP contribution is -2.37. The van der Waals surface area contributed by atoms with Crippen LogP contribution >= 0.6 is 0 Å². The molecule has 5 heteroatoms. The average molecular weight is 137 g/mol. The van der Waals surface area contributed by atoms with Crippen LogP contribution in [0.2, 0.25) is 0 Å². The zero-order valence-electron chi connectivity index (χ0n) is 5.50. The molecule has 2 aliphatic rings. The summed E-state index contributed by atoms with van der Waals surface area (Å²) in [6.45, 7) is 1.94. The van der Waals surface area contributed by atoms with Gasteiger partial charge < -0.3 is 5.43 Å². The molecule has 0 radical (unpaired) electrons. The highest BCUT2D eigenvalue weighted by Gasteiger charge is 2.17. The first-order chi connectivity index (χ1) is 4.88. The third-order valence-corrected chi connectivity index (χ3v) is 1.36. The molecule has 2 N–H and O–H groups in total. The van der Waals surface area contributed by atoms with Gasteiger partial charge in [0, 0.05) is 0 Å². The van der Waals surface area contributed by atoms with Crippen molar-refractivity contribution in [3.63, 3.8) is 0 Å². The average Bonchev–Trinajstić information content (AvgIpc) is 2.34. The molecule has 10 heavy (non-hydrogen) atoms. The van der Waals surface area contributed by atoms with Crippen molar-refractivity contribution in [2.24, 2.45) is 9.98 Å². The maximum absolute atomic E-state index is 4.03. The Labute approximate surface area is 58.1 Å². The zero-order chi connectivity index (χ0) is 6.97. The lowest BCUT2D eigenvalue weighted by atomic mass is 10.5. The van der Waals surface area contributed by atoms with Crippen LogP contribution in [0, 0.1) is 0 Å². The van der Waals surface area contributed by atoms with Gasteiger partial charge in [0.25, 0.3) is 0 Å². The molecule has 0 saturated heterocycles. The van der Waals surface area contributed by atoms with Crippen molar-refractivity contribution >= 4 is 12.7 Å². The Balaban J connectivity index is 2.39. The van der Waals surface area contributed by atoms with Gasteiger partial charge in [0.15, 0.2) is 5.82 Å². The van der Waals surface area contributed by atoms with Gasteiger partial charge in [-0.3, -0.25) is 0 Å². The van der Waals surface area contributed by atoms with Crippen molar-refractivity contribution in [2.75, 3.05) is 0 Å². The smallest absolute Gasteiger partial charge is 0.171 e. The van der Waals surface area contributed by atoms with E-state index in [9.17, 15) is 0 Å². The lowest BCUT2D eigenvalue weighted by Gasteiger charge is -2.12. The summed E-state index contributed by atoms with van der Waals surface area (Å²) in [5.74, 6) is 0.870. The van der Waals surface area contributed by atoms with Crippen LogP contribution in [-0.2, 0) is 0 Å². The van der Waals surface area contributed by atoms with Crippen molar-refractivity contribution in [3.05, 3.63) is 11.5 Å². The standard InChI is InChI=1S/C5H7N5/c1-4-5-7-2-6-3-10(5)9-8-4/h2-3,8-9H,1H3. The third-order valence-electron chi connectivity index (χ3n) is 1.36. The van der Waals surface area contributed by atoms with E-state index in [4.69, 9.17) is 0 Å². The Morgan fingerprint density at radius 3 is 3.30 bits per heavy atom. The Morgan fingerprint density at radius 2 is 2.50 bits per heavy atom. The summed E-state index contributed by atoms with van der Waals surface area (Å²) in [4.78, 5) is 7.86. The monoisotopic (exact) mass is 137 g/mol. The van der Waals surface area contributed by atoms with E-state index in [-0.39, 0.29) is 0 Å². The molecule has 0 saturated carbocycles. The largest absolute Gasteiger partial charge is 0.304 e. The minimum absolute atomic E-state index is 0.870. The number of nitrogens with one attached hydrogen (secondary N) is 2. The second-order valence-electron chi connectivity index (χ2n) is 2.06. The number of hydrogen-bond donors (Lipinski definition) is 2. The van der Waals surface area contributed by atoms with Gasteiger partial charge in [-0.15, -0.1) is 5.53 Å². The summed E-state index contributed by atoms with van der Waals surface area (Å²) < 4.78 is 0. The Kier molecular flexibility index (Phi) is 0.983. The summed E-state index contributed by atoms with van der Waals surface area (Å²) in [7, 11) is 0. The molecule has 0 unspecified atom stereocenters. The molecular weight excluding hydrogens is 130 g/mol. The molecule has 0 fully saturated rings. The second kappa shape index (κ2) is 1.81. The SMILES string of the molecule is CC1=C2N=CN=CN2NN1. The van der Waals surface area contributed by atoms with Crippen LogP contribution < -0.4 is 11.0 Å². The van der Waals surface area contributed by atoms with E-state index >= 15 is 0 Å². The first-order valence-electron chi connectivity index (χ1n) is 2.95. The summed E-state index contributed by atoms with van der Waals surface area (Å²) in [5, 5.41) is 1.72. The predicted octanol–water partition coefficient (Wildman–Crippen LogP) is -0.430. The lowest BCUT2D eigenvalue weighted by molar-refractivity contribution is 0.386. The fourth-order valence-electron chi connectivity index (χ4n) is 0.861. The van der Waals surface area contributed by atoms with Crippen LogP contribution in [-0.4, -0.2) is 17.7 Å². The maximum atomic E-state index is 4.03. The van der Waals surface area contributed by atoms with Crippen molar-refractivity contribution in [1.29, 1.82) is 0 Å². The van der Waals surface area contributed by atoms with Gasteiger partial charge in [0.2, 0.25) is 0 Å². The number of rotatable bonds is 0. The normalized spacial score (nSPS) is 21.5. The van der Waals surface area contributed by atoms with Crippen LogP contribution in [0.5, 0.6) is 0 Å². The predicted molar refractivity (Wildman–Crippen MR) is 37.8 cm³/mol. The molecule has 2 rings (SSSR count). The van der Waals surface area contributed by atoms with Crippen LogP contribution in [0.4, 0.5) is 0 Å². The zero-order valence-corrected chi connectivity index (χ0v) is 5.50. The number of fused-ring (bicyclic) bond motifs is 1. The summed E-state index contributed by atoms with van der Waals surface area (Å²) in [6, 6.07) is 0. The minimum atomic E-state index is 0.870. The highest BCUT2D eigenvalue weighted by Crippen LogP contribution is 2.11. The Bertz CT molecular complexity index is 238. The molecule has 0 aromatic heterocycles. The van der Waals surface area contributed by atoms with Crippen molar-refractivity contribution < 1.29 is 0 Å². The van der Waals surface area contributed by atoms with Gasteiger partial charge in [-0.2, -0.15) is 0 Å². The molecule has 2 aliphatic heterocycles. The first kappa shape index (κ1) is 5.43. The van der Waals surface area contributed by atoms with Crippen molar-refractivity contribution in [3.8, 4) is 0 Å². The molecule has 0 aromatic rings. The molecule has 0 atom stereocenters. The molecule has 0 aliphatic carbocycles. The van der Waals surface area contributed by atoms with Crippen LogP contribution in [0.25, 0.3) is 0 Å². The quantitative estimate of drug-likeness (QED) is 0.476. The van der Waals surface area contributed by atoms with Crippen LogP contribution in [0.15, 0.2) is 21.5 Å². The van der Waals surface area contributed by atoms with E-state index in [1.807, 2.05) is 6.92 Å². The fraction of sp³-hybridized carbons (Fsp3) is 0.200. The van der Waals surface area contributed by atoms with E-state index in [1.165, 1.54) is 6.34 Å². The fourth-order valence-corrected chi connectivity index (χ4v) is 0.861.